The minimum Gasteiger partial charge on any atom is -0.389 e. The van der Waals surface area contributed by atoms with Gasteiger partial charge in [0.15, 0.2) is 0 Å². The lowest BCUT2D eigenvalue weighted by Gasteiger charge is -2.19. The van der Waals surface area contributed by atoms with Crippen LogP contribution in [0.5, 0.6) is 0 Å². The van der Waals surface area contributed by atoms with E-state index in [4.69, 9.17) is 18.0 Å². The number of amides is 1. The first-order valence-electron chi connectivity index (χ1n) is 6.17. The lowest BCUT2D eigenvalue weighted by Crippen LogP contribution is -2.34. The Morgan fingerprint density at radius 1 is 1.16 bits per heavy atom. The number of likely N-dealkylation sites (N-methyl/N-ethyl adjacent to an activating group) is 2. The minimum absolute atomic E-state index is 0.116. The van der Waals surface area contributed by atoms with Gasteiger partial charge in [-0.15, -0.1) is 0 Å². The molecule has 1 aromatic carbocycles. The van der Waals surface area contributed by atoms with E-state index in [1.807, 2.05) is 45.4 Å². The molecule has 0 saturated carbocycles. The molecule has 0 atom stereocenters. The first kappa shape index (κ1) is 15.6. The number of benzene rings is 1. The Bertz CT molecular complexity index is 443. The molecule has 0 heterocycles. The summed E-state index contributed by atoms with van der Waals surface area (Å²) < 4.78 is 0. The van der Waals surface area contributed by atoms with E-state index >= 15 is 0 Å². The van der Waals surface area contributed by atoms with E-state index in [9.17, 15) is 4.79 Å². The third-order valence-electron chi connectivity index (χ3n) is 2.90. The zero-order valence-corrected chi connectivity index (χ0v) is 12.5. The van der Waals surface area contributed by atoms with Crippen LogP contribution in [0, 0.1) is 0 Å². The summed E-state index contributed by atoms with van der Waals surface area (Å²) >= 11 is 4.89. The lowest BCUT2D eigenvalue weighted by molar-refractivity contribution is -0.129. The molecule has 1 aromatic rings. The van der Waals surface area contributed by atoms with Crippen molar-refractivity contribution >= 4 is 23.1 Å². The number of nitrogens with two attached hydrogens (primary N) is 1. The van der Waals surface area contributed by atoms with E-state index in [0.29, 0.717) is 11.4 Å². The number of thiocarbonyl (C=S) groups is 1. The molecule has 5 heteroatoms. The molecule has 0 bridgehead atoms. The largest absolute Gasteiger partial charge is 0.389 e. The van der Waals surface area contributed by atoms with Gasteiger partial charge in [0.05, 0.1) is 6.42 Å². The van der Waals surface area contributed by atoms with Crippen molar-refractivity contribution in [2.45, 2.75) is 6.42 Å². The quantitative estimate of drug-likeness (QED) is 0.786. The molecule has 0 spiro atoms. The topological polar surface area (TPSA) is 49.6 Å². The standard InChI is InChI=1S/C14H21N3OS/c1-16(2)8-9-17(3)13(18)10-11-4-6-12(7-5-11)14(15)19/h4-7H,8-10H2,1-3H3,(H2,15,19). The van der Waals surface area contributed by atoms with E-state index in [2.05, 4.69) is 4.90 Å². The number of hydrogen-bond acceptors (Lipinski definition) is 3. The molecular weight excluding hydrogens is 258 g/mol. The fourth-order valence-electron chi connectivity index (χ4n) is 1.57. The molecule has 1 rings (SSSR count). The van der Waals surface area contributed by atoms with Gasteiger partial charge in [0.1, 0.15) is 4.99 Å². The molecular formula is C14H21N3OS. The van der Waals surface area contributed by atoms with Gasteiger partial charge >= 0.3 is 0 Å². The maximum Gasteiger partial charge on any atom is 0.226 e. The number of hydrogen-bond donors (Lipinski definition) is 1. The van der Waals surface area contributed by atoms with E-state index < -0.39 is 0 Å². The summed E-state index contributed by atoms with van der Waals surface area (Å²) in [7, 11) is 5.81. The number of rotatable bonds is 6. The molecule has 0 aliphatic carbocycles. The van der Waals surface area contributed by atoms with Crippen LogP contribution in [-0.4, -0.2) is 54.9 Å². The molecule has 19 heavy (non-hydrogen) atoms. The summed E-state index contributed by atoms with van der Waals surface area (Å²) in [5.74, 6) is 0.116. The molecule has 0 radical (unpaired) electrons. The van der Waals surface area contributed by atoms with Gasteiger partial charge in [0.25, 0.3) is 0 Å². The van der Waals surface area contributed by atoms with Crippen molar-refractivity contribution in [2.75, 3.05) is 34.2 Å². The van der Waals surface area contributed by atoms with E-state index in [1.54, 1.807) is 4.90 Å². The van der Waals surface area contributed by atoms with Crippen molar-refractivity contribution < 1.29 is 4.79 Å². The zero-order valence-electron chi connectivity index (χ0n) is 11.7. The normalized spacial score (nSPS) is 10.5. The third-order valence-corrected chi connectivity index (χ3v) is 3.14. The Morgan fingerprint density at radius 2 is 1.74 bits per heavy atom. The summed E-state index contributed by atoms with van der Waals surface area (Å²) in [6.07, 6.45) is 0.404. The second kappa shape index (κ2) is 7.21. The molecule has 0 aliphatic rings. The molecule has 0 saturated heterocycles. The first-order chi connectivity index (χ1) is 8.90. The van der Waals surface area contributed by atoms with E-state index in [-0.39, 0.29) is 5.91 Å². The van der Waals surface area contributed by atoms with Gasteiger partial charge in [-0.1, -0.05) is 36.5 Å². The van der Waals surface area contributed by atoms with Crippen LogP contribution < -0.4 is 5.73 Å². The average Bonchev–Trinajstić information content (AvgIpc) is 2.36. The van der Waals surface area contributed by atoms with Crippen molar-refractivity contribution in [3.05, 3.63) is 35.4 Å². The highest BCUT2D eigenvalue weighted by Gasteiger charge is 2.09. The number of carbonyl (C=O) groups excluding carboxylic acids is 1. The summed E-state index contributed by atoms with van der Waals surface area (Å²) in [5, 5.41) is 0. The Morgan fingerprint density at radius 3 is 2.21 bits per heavy atom. The third kappa shape index (κ3) is 5.36. The summed E-state index contributed by atoms with van der Waals surface area (Å²) in [6, 6.07) is 7.49. The molecule has 1 amide bonds. The van der Waals surface area contributed by atoms with Gasteiger partial charge in [-0.2, -0.15) is 0 Å². The van der Waals surface area contributed by atoms with Gasteiger partial charge in [-0.3, -0.25) is 4.79 Å². The van der Waals surface area contributed by atoms with Crippen LogP contribution in [0.4, 0.5) is 0 Å². The Hall–Kier alpha value is -1.46. The second-order valence-corrected chi connectivity index (χ2v) is 5.30. The maximum absolute atomic E-state index is 12.0. The summed E-state index contributed by atoms with van der Waals surface area (Å²) in [5.41, 5.74) is 7.33. The molecule has 4 nitrogen and oxygen atoms in total. The van der Waals surface area contributed by atoms with Crippen LogP contribution in [0.25, 0.3) is 0 Å². The molecule has 104 valence electrons. The average molecular weight is 279 g/mol. The number of nitrogens with zero attached hydrogens (tertiary/aromatic N) is 2. The maximum atomic E-state index is 12.0. The van der Waals surface area contributed by atoms with Gasteiger partial charge in [0, 0.05) is 25.7 Å². The van der Waals surface area contributed by atoms with E-state index in [0.717, 1.165) is 24.2 Å². The van der Waals surface area contributed by atoms with Crippen molar-refractivity contribution in [1.29, 1.82) is 0 Å². The molecule has 0 fully saturated rings. The van der Waals surface area contributed by atoms with E-state index in [1.165, 1.54) is 0 Å². The Balaban J connectivity index is 2.54. The van der Waals surface area contributed by atoms with Crippen LogP contribution in [0.1, 0.15) is 11.1 Å². The van der Waals surface area contributed by atoms with Gasteiger partial charge in [0.2, 0.25) is 5.91 Å². The van der Waals surface area contributed by atoms with Crippen molar-refractivity contribution in [3.63, 3.8) is 0 Å². The van der Waals surface area contributed by atoms with Crippen molar-refractivity contribution in [3.8, 4) is 0 Å². The summed E-state index contributed by atoms with van der Waals surface area (Å²) in [6.45, 7) is 1.60. The van der Waals surface area contributed by atoms with Gasteiger partial charge < -0.3 is 15.5 Å². The van der Waals surface area contributed by atoms with Crippen LogP contribution in [0.2, 0.25) is 0 Å². The van der Waals surface area contributed by atoms with Crippen molar-refractivity contribution in [2.24, 2.45) is 5.73 Å². The smallest absolute Gasteiger partial charge is 0.226 e. The highest BCUT2D eigenvalue weighted by molar-refractivity contribution is 7.80. The highest BCUT2D eigenvalue weighted by Crippen LogP contribution is 2.06. The fraction of sp³-hybridized carbons (Fsp3) is 0.429. The molecule has 0 aliphatic heterocycles. The van der Waals surface area contributed by atoms with Crippen molar-refractivity contribution in [1.82, 2.24) is 9.80 Å². The van der Waals surface area contributed by atoms with Gasteiger partial charge in [-0.25, -0.2) is 0 Å². The highest BCUT2D eigenvalue weighted by atomic mass is 32.1. The first-order valence-corrected chi connectivity index (χ1v) is 6.58. The second-order valence-electron chi connectivity index (χ2n) is 4.86. The van der Waals surface area contributed by atoms with Crippen LogP contribution in [0.3, 0.4) is 0 Å². The van der Waals surface area contributed by atoms with Crippen LogP contribution in [-0.2, 0) is 11.2 Å². The monoisotopic (exact) mass is 279 g/mol. The zero-order chi connectivity index (χ0) is 14.4. The fourth-order valence-corrected chi connectivity index (χ4v) is 1.71. The van der Waals surface area contributed by atoms with Crippen LogP contribution >= 0.6 is 12.2 Å². The Kier molecular flexibility index (Phi) is 5.92. The Labute approximate surface area is 120 Å². The molecule has 2 N–H and O–H groups in total. The number of carbonyl (C=O) groups is 1. The predicted molar refractivity (Wildman–Crippen MR) is 82.2 cm³/mol. The molecule has 0 aromatic heterocycles. The minimum atomic E-state index is 0.116. The lowest BCUT2D eigenvalue weighted by atomic mass is 10.1. The SMILES string of the molecule is CN(C)CCN(C)C(=O)Cc1ccc(C(N)=S)cc1. The van der Waals surface area contributed by atoms with Gasteiger partial charge in [-0.05, 0) is 19.7 Å². The predicted octanol–water partition coefficient (Wildman–Crippen LogP) is 0.883. The van der Waals surface area contributed by atoms with Crippen LogP contribution in [0.15, 0.2) is 24.3 Å². The molecule has 0 unspecified atom stereocenters. The summed E-state index contributed by atoms with van der Waals surface area (Å²) in [4.78, 5) is 16.2.